The third kappa shape index (κ3) is 4.19. The Bertz CT molecular complexity index is 430. The van der Waals surface area contributed by atoms with E-state index in [-0.39, 0.29) is 6.61 Å². The van der Waals surface area contributed by atoms with Crippen LogP contribution in [0.15, 0.2) is 18.2 Å². The zero-order chi connectivity index (χ0) is 14.5. The van der Waals surface area contributed by atoms with Crippen LogP contribution in [0.5, 0.6) is 0 Å². The van der Waals surface area contributed by atoms with Crippen LogP contribution in [0.1, 0.15) is 24.0 Å². The zero-order valence-electron chi connectivity index (χ0n) is 12.5. The number of hydrogen-bond donors (Lipinski definition) is 1. The van der Waals surface area contributed by atoms with E-state index in [0.29, 0.717) is 6.04 Å². The van der Waals surface area contributed by atoms with Crippen LogP contribution in [0.25, 0.3) is 0 Å². The van der Waals surface area contributed by atoms with E-state index in [9.17, 15) is 5.11 Å². The number of halogens is 1. The van der Waals surface area contributed by atoms with Crippen molar-refractivity contribution in [1.82, 2.24) is 9.80 Å². The number of piperidine rings is 1. The van der Waals surface area contributed by atoms with Crippen molar-refractivity contribution in [2.75, 3.05) is 33.3 Å². The number of aliphatic hydroxyl groups is 1. The Kier molecular flexibility index (Phi) is 5.85. The second kappa shape index (κ2) is 7.41. The maximum atomic E-state index is 9.34. The monoisotopic (exact) mass is 296 g/mol. The highest BCUT2D eigenvalue weighted by molar-refractivity contribution is 6.30. The summed E-state index contributed by atoms with van der Waals surface area (Å²) in [5, 5.41) is 10.1. The van der Waals surface area contributed by atoms with Crippen molar-refractivity contribution in [2.24, 2.45) is 0 Å². The van der Waals surface area contributed by atoms with Crippen molar-refractivity contribution >= 4 is 11.6 Å². The third-order valence-electron chi connectivity index (χ3n) is 4.27. The fourth-order valence-corrected chi connectivity index (χ4v) is 3.16. The summed E-state index contributed by atoms with van der Waals surface area (Å²) < 4.78 is 0. The van der Waals surface area contributed by atoms with Crippen molar-refractivity contribution in [3.05, 3.63) is 34.3 Å². The van der Waals surface area contributed by atoms with Gasteiger partial charge in [-0.05, 0) is 63.2 Å². The van der Waals surface area contributed by atoms with Crippen LogP contribution in [-0.2, 0) is 6.54 Å². The summed E-state index contributed by atoms with van der Waals surface area (Å²) >= 11 is 6.02. The van der Waals surface area contributed by atoms with Gasteiger partial charge >= 0.3 is 0 Å². The Balaban J connectivity index is 2.04. The molecule has 1 aromatic carbocycles. The number of aliphatic hydroxyl groups excluding tert-OH is 1. The summed E-state index contributed by atoms with van der Waals surface area (Å²) in [5.74, 6) is 0. The average molecular weight is 297 g/mol. The van der Waals surface area contributed by atoms with E-state index in [1.54, 1.807) is 0 Å². The minimum absolute atomic E-state index is 0.221. The van der Waals surface area contributed by atoms with Gasteiger partial charge in [0.25, 0.3) is 0 Å². The van der Waals surface area contributed by atoms with Crippen molar-refractivity contribution < 1.29 is 5.11 Å². The van der Waals surface area contributed by atoms with Crippen LogP contribution in [0, 0.1) is 6.92 Å². The first-order valence-corrected chi connectivity index (χ1v) is 7.76. The summed E-state index contributed by atoms with van der Waals surface area (Å²) in [7, 11) is 2.18. The van der Waals surface area contributed by atoms with Crippen LogP contribution in [0.2, 0.25) is 5.02 Å². The predicted molar refractivity (Wildman–Crippen MR) is 84.2 cm³/mol. The molecule has 0 aromatic heterocycles. The first-order valence-electron chi connectivity index (χ1n) is 7.38. The third-order valence-corrected chi connectivity index (χ3v) is 4.50. The Morgan fingerprint density at radius 1 is 1.35 bits per heavy atom. The van der Waals surface area contributed by atoms with Crippen molar-refractivity contribution in [3.63, 3.8) is 0 Å². The molecule has 1 N–H and O–H groups in total. The molecule has 1 saturated heterocycles. The normalized spacial score (nSPS) is 17.9. The quantitative estimate of drug-likeness (QED) is 0.904. The van der Waals surface area contributed by atoms with Crippen LogP contribution >= 0.6 is 11.6 Å². The molecular formula is C16H25ClN2O. The lowest BCUT2D eigenvalue weighted by Crippen LogP contribution is -2.44. The lowest BCUT2D eigenvalue weighted by molar-refractivity contribution is 0.0940. The van der Waals surface area contributed by atoms with Crippen molar-refractivity contribution in [3.8, 4) is 0 Å². The minimum Gasteiger partial charge on any atom is -0.395 e. The molecule has 3 nitrogen and oxygen atoms in total. The van der Waals surface area contributed by atoms with Crippen molar-refractivity contribution in [2.45, 2.75) is 32.4 Å². The average Bonchev–Trinajstić information content (AvgIpc) is 2.42. The summed E-state index contributed by atoms with van der Waals surface area (Å²) in [6.45, 7) is 6.26. The number of rotatable bonds is 5. The molecule has 0 bridgehead atoms. The highest BCUT2D eigenvalue weighted by Gasteiger charge is 2.23. The van der Waals surface area contributed by atoms with Crippen LogP contribution in [-0.4, -0.2) is 54.2 Å². The highest BCUT2D eigenvalue weighted by Crippen LogP contribution is 2.21. The summed E-state index contributed by atoms with van der Waals surface area (Å²) in [4.78, 5) is 4.80. The molecule has 112 valence electrons. The largest absolute Gasteiger partial charge is 0.395 e. The fraction of sp³-hybridized carbons (Fsp3) is 0.625. The maximum Gasteiger partial charge on any atom is 0.0558 e. The molecule has 1 aliphatic heterocycles. The van der Waals surface area contributed by atoms with Gasteiger partial charge in [0.1, 0.15) is 0 Å². The number of hydrogen-bond acceptors (Lipinski definition) is 3. The van der Waals surface area contributed by atoms with E-state index < -0.39 is 0 Å². The molecule has 0 unspecified atom stereocenters. The Morgan fingerprint density at radius 2 is 2.05 bits per heavy atom. The smallest absolute Gasteiger partial charge is 0.0558 e. The predicted octanol–water partition coefficient (Wildman–Crippen LogP) is 2.54. The summed E-state index contributed by atoms with van der Waals surface area (Å²) in [5.41, 5.74) is 2.54. The molecule has 1 aliphatic rings. The van der Waals surface area contributed by atoms with E-state index in [2.05, 4.69) is 29.8 Å². The van der Waals surface area contributed by atoms with E-state index in [1.807, 2.05) is 12.1 Å². The molecule has 20 heavy (non-hydrogen) atoms. The number of nitrogens with zero attached hydrogens (tertiary/aromatic N) is 2. The van der Waals surface area contributed by atoms with Gasteiger partial charge < -0.3 is 10.0 Å². The molecule has 0 spiro atoms. The molecule has 1 fully saturated rings. The number of aryl methyl sites for hydroxylation is 1. The maximum absolute atomic E-state index is 9.34. The lowest BCUT2D eigenvalue weighted by Gasteiger charge is -2.37. The van der Waals surface area contributed by atoms with E-state index in [1.165, 1.54) is 24.0 Å². The highest BCUT2D eigenvalue weighted by atomic mass is 35.5. The van der Waals surface area contributed by atoms with Gasteiger partial charge in [-0.1, -0.05) is 17.7 Å². The molecule has 4 heteroatoms. The molecule has 0 aliphatic carbocycles. The van der Waals surface area contributed by atoms with Gasteiger partial charge in [-0.15, -0.1) is 0 Å². The molecular weight excluding hydrogens is 272 g/mol. The van der Waals surface area contributed by atoms with Gasteiger partial charge in [0.2, 0.25) is 0 Å². The summed E-state index contributed by atoms with van der Waals surface area (Å²) in [6.07, 6.45) is 2.37. The minimum atomic E-state index is 0.221. The van der Waals surface area contributed by atoms with E-state index in [4.69, 9.17) is 11.6 Å². The SMILES string of the molecule is Cc1cc(Cl)ccc1CN(CCO)C1CCN(C)CC1. The summed E-state index contributed by atoms with van der Waals surface area (Å²) in [6, 6.07) is 6.66. The van der Waals surface area contributed by atoms with Gasteiger partial charge in [-0.2, -0.15) is 0 Å². The second-order valence-corrected chi connectivity index (χ2v) is 6.24. The van der Waals surface area contributed by atoms with E-state index >= 15 is 0 Å². The van der Waals surface area contributed by atoms with Crippen LogP contribution < -0.4 is 0 Å². The molecule has 0 saturated carbocycles. The Labute approximate surface area is 127 Å². The molecule has 1 aromatic rings. The standard InChI is InChI=1S/C16H25ClN2O/c1-13-11-15(17)4-3-14(13)12-19(9-10-20)16-5-7-18(2)8-6-16/h3-4,11,16,20H,5-10,12H2,1-2H3. The number of benzene rings is 1. The molecule has 0 amide bonds. The molecule has 1 heterocycles. The lowest BCUT2D eigenvalue weighted by atomic mass is 10.0. The number of likely N-dealkylation sites (tertiary alicyclic amines) is 1. The first kappa shape index (κ1) is 15.8. The van der Waals surface area contributed by atoms with Crippen molar-refractivity contribution in [1.29, 1.82) is 0 Å². The van der Waals surface area contributed by atoms with E-state index in [0.717, 1.165) is 31.2 Å². The fourth-order valence-electron chi connectivity index (χ4n) is 2.93. The first-order chi connectivity index (χ1) is 9.60. The van der Waals surface area contributed by atoms with Gasteiger partial charge in [-0.25, -0.2) is 0 Å². The molecule has 2 rings (SSSR count). The molecule has 0 atom stereocenters. The second-order valence-electron chi connectivity index (χ2n) is 5.80. The Hall–Kier alpha value is -0.610. The topological polar surface area (TPSA) is 26.7 Å². The van der Waals surface area contributed by atoms with Crippen LogP contribution in [0.3, 0.4) is 0 Å². The van der Waals surface area contributed by atoms with Gasteiger partial charge in [-0.3, -0.25) is 4.90 Å². The Morgan fingerprint density at radius 3 is 2.65 bits per heavy atom. The van der Waals surface area contributed by atoms with Gasteiger partial charge in [0.15, 0.2) is 0 Å². The molecule has 0 radical (unpaired) electrons. The zero-order valence-corrected chi connectivity index (χ0v) is 13.2. The van der Waals surface area contributed by atoms with Gasteiger partial charge in [0, 0.05) is 24.2 Å². The van der Waals surface area contributed by atoms with Crippen LogP contribution in [0.4, 0.5) is 0 Å². The van der Waals surface area contributed by atoms with Gasteiger partial charge in [0.05, 0.1) is 6.61 Å².